The number of thiocarbonyl (C=S) groups is 1. The molecule has 0 aliphatic rings. The molecule has 0 fully saturated rings. The molecule has 2 heteroatoms. The number of ketones is 1. The van der Waals surface area contributed by atoms with Crippen molar-refractivity contribution in [3.8, 4) is 0 Å². The highest BCUT2D eigenvalue weighted by Gasteiger charge is 2.05. The number of Topliss-reactive ketones (excluding diaryl/α,β-unsaturated/α-hetero) is 1. The molecule has 2 aromatic carbocycles. The summed E-state index contributed by atoms with van der Waals surface area (Å²) < 4.78 is 0. The summed E-state index contributed by atoms with van der Waals surface area (Å²) in [7, 11) is 0. The van der Waals surface area contributed by atoms with Crippen LogP contribution in [-0.4, -0.2) is 11.2 Å². The highest BCUT2D eigenvalue weighted by atomic mass is 32.1. The third kappa shape index (κ3) is 3.34. The van der Waals surface area contributed by atoms with Gasteiger partial charge in [-0.05, 0) is 17.5 Å². The Labute approximate surface area is 112 Å². The molecule has 0 atom stereocenters. The van der Waals surface area contributed by atoms with Gasteiger partial charge < -0.3 is 0 Å². The van der Waals surface area contributed by atoms with Gasteiger partial charge in [-0.15, -0.1) is 0 Å². The Kier molecular flexibility index (Phi) is 4.37. The number of carbonyl (C=O) groups is 1. The van der Waals surface area contributed by atoms with Gasteiger partial charge in [-0.3, -0.25) is 4.79 Å². The van der Waals surface area contributed by atoms with E-state index in [1.807, 2.05) is 54.6 Å². The van der Waals surface area contributed by atoms with Crippen molar-refractivity contribution in [3.63, 3.8) is 0 Å². The van der Waals surface area contributed by atoms with Gasteiger partial charge in [-0.2, -0.15) is 0 Å². The molecule has 0 aliphatic carbocycles. The molecule has 0 aromatic heterocycles. The van der Waals surface area contributed by atoms with E-state index in [2.05, 4.69) is 0 Å². The van der Waals surface area contributed by atoms with Crippen molar-refractivity contribution in [2.45, 2.75) is 12.8 Å². The van der Waals surface area contributed by atoms with Gasteiger partial charge in [0.05, 0.1) is 0 Å². The van der Waals surface area contributed by atoms with Gasteiger partial charge in [0.2, 0.25) is 0 Å². The SMILES string of the molecule is O=C(CCc1ccccc1)c1ccc(C=S)cc1. The monoisotopic (exact) mass is 254 g/mol. The second-order valence-electron chi connectivity index (χ2n) is 4.15. The van der Waals surface area contributed by atoms with E-state index < -0.39 is 0 Å². The lowest BCUT2D eigenvalue weighted by Crippen LogP contribution is -2.01. The van der Waals surface area contributed by atoms with E-state index in [9.17, 15) is 4.79 Å². The molecule has 0 unspecified atom stereocenters. The first-order chi connectivity index (χ1) is 8.79. The van der Waals surface area contributed by atoms with Crippen LogP contribution in [-0.2, 0) is 6.42 Å². The van der Waals surface area contributed by atoms with Crippen LogP contribution in [0.25, 0.3) is 0 Å². The fourth-order valence-electron chi connectivity index (χ4n) is 1.79. The minimum Gasteiger partial charge on any atom is -0.294 e. The summed E-state index contributed by atoms with van der Waals surface area (Å²) in [5.41, 5.74) is 2.91. The minimum absolute atomic E-state index is 0.176. The number of hydrogen-bond acceptors (Lipinski definition) is 2. The molecule has 0 heterocycles. The smallest absolute Gasteiger partial charge is 0.163 e. The molecule has 0 spiro atoms. The van der Waals surface area contributed by atoms with E-state index in [-0.39, 0.29) is 5.78 Å². The van der Waals surface area contributed by atoms with Gasteiger partial charge in [0.1, 0.15) is 0 Å². The molecule has 18 heavy (non-hydrogen) atoms. The second kappa shape index (κ2) is 6.22. The summed E-state index contributed by atoms with van der Waals surface area (Å²) in [4.78, 5) is 12.0. The van der Waals surface area contributed by atoms with Gasteiger partial charge in [-0.25, -0.2) is 0 Å². The third-order valence-corrected chi connectivity index (χ3v) is 3.12. The summed E-state index contributed by atoms with van der Waals surface area (Å²) in [6.07, 6.45) is 1.33. The van der Waals surface area contributed by atoms with Crippen LogP contribution in [0.5, 0.6) is 0 Å². The van der Waals surface area contributed by atoms with Crippen LogP contribution in [0.15, 0.2) is 54.6 Å². The van der Waals surface area contributed by atoms with Gasteiger partial charge in [0.15, 0.2) is 5.78 Å². The highest BCUT2D eigenvalue weighted by molar-refractivity contribution is 7.79. The Balaban J connectivity index is 1.97. The maximum atomic E-state index is 12.0. The average Bonchev–Trinajstić information content (AvgIpc) is 2.46. The van der Waals surface area contributed by atoms with Crippen molar-refractivity contribution >= 4 is 23.4 Å². The van der Waals surface area contributed by atoms with E-state index in [4.69, 9.17) is 12.2 Å². The Bertz CT molecular complexity index is 529. The lowest BCUT2D eigenvalue weighted by atomic mass is 10.0. The largest absolute Gasteiger partial charge is 0.294 e. The molecule has 90 valence electrons. The standard InChI is InChI=1S/C16H14OS/c17-16(11-8-13-4-2-1-3-5-13)15-9-6-14(12-18)7-10-15/h1-7,9-10,12H,8,11H2. The van der Waals surface area contributed by atoms with Crippen LogP contribution >= 0.6 is 12.2 Å². The number of rotatable bonds is 5. The summed E-state index contributed by atoms with van der Waals surface area (Å²) in [6, 6.07) is 17.5. The quantitative estimate of drug-likeness (QED) is 0.595. The van der Waals surface area contributed by atoms with Crippen LogP contribution in [0, 0.1) is 0 Å². The summed E-state index contributed by atoms with van der Waals surface area (Å²) >= 11 is 4.83. The molecule has 2 aromatic rings. The zero-order valence-electron chi connectivity index (χ0n) is 10.0. The summed E-state index contributed by atoms with van der Waals surface area (Å²) in [6.45, 7) is 0. The fourth-order valence-corrected chi connectivity index (χ4v) is 1.95. The summed E-state index contributed by atoms with van der Waals surface area (Å²) in [5, 5.41) is 1.61. The number of aryl methyl sites for hydroxylation is 1. The van der Waals surface area contributed by atoms with Crippen molar-refractivity contribution < 1.29 is 4.79 Å². The molecular weight excluding hydrogens is 240 g/mol. The molecule has 0 radical (unpaired) electrons. The Morgan fingerprint density at radius 3 is 2.28 bits per heavy atom. The molecule has 0 amide bonds. The second-order valence-corrected chi connectivity index (χ2v) is 4.38. The first-order valence-electron chi connectivity index (χ1n) is 5.92. The lowest BCUT2D eigenvalue weighted by molar-refractivity contribution is 0.0983. The predicted octanol–water partition coefficient (Wildman–Crippen LogP) is 3.85. The number of carbonyl (C=O) groups excluding carboxylic acids is 1. The van der Waals surface area contributed by atoms with E-state index in [1.54, 1.807) is 5.37 Å². The third-order valence-electron chi connectivity index (χ3n) is 2.85. The fraction of sp³-hybridized carbons (Fsp3) is 0.125. The molecule has 0 saturated carbocycles. The van der Waals surface area contributed by atoms with Gasteiger partial charge in [0, 0.05) is 17.4 Å². The Hall–Kier alpha value is -1.80. The summed E-state index contributed by atoms with van der Waals surface area (Å²) in [5.74, 6) is 0.176. The topological polar surface area (TPSA) is 17.1 Å². The predicted molar refractivity (Wildman–Crippen MR) is 78.3 cm³/mol. The zero-order chi connectivity index (χ0) is 12.8. The van der Waals surface area contributed by atoms with Gasteiger partial charge >= 0.3 is 0 Å². The van der Waals surface area contributed by atoms with Gasteiger partial charge in [0.25, 0.3) is 0 Å². The van der Waals surface area contributed by atoms with E-state index in [0.717, 1.165) is 17.5 Å². The van der Waals surface area contributed by atoms with Crippen LogP contribution in [0.1, 0.15) is 27.9 Å². The van der Waals surface area contributed by atoms with Crippen molar-refractivity contribution in [2.24, 2.45) is 0 Å². The van der Waals surface area contributed by atoms with Crippen molar-refractivity contribution in [3.05, 3.63) is 71.3 Å². The van der Waals surface area contributed by atoms with Crippen LogP contribution in [0.3, 0.4) is 0 Å². The highest BCUT2D eigenvalue weighted by Crippen LogP contribution is 2.09. The molecule has 0 bridgehead atoms. The molecule has 1 nitrogen and oxygen atoms in total. The van der Waals surface area contributed by atoms with Gasteiger partial charge in [-0.1, -0.05) is 66.8 Å². The Morgan fingerprint density at radius 2 is 1.67 bits per heavy atom. The molecule has 0 N–H and O–H groups in total. The number of benzene rings is 2. The number of hydrogen-bond donors (Lipinski definition) is 0. The molecule has 2 rings (SSSR count). The molecule has 0 aliphatic heterocycles. The van der Waals surface area contributed by atoms with E-state index in [0.29, 0.717) is 6.42 Å². The first-order valence-corrected chi connectivity index (χ1v) is 6.39. The Morgan fingerprint density at radius 1 is 1.00 bits per heavy atom. The maximum absolute atomic E-state index is 12.0. The van der Waals surface area contributed by atoms with Crippen LogP contribution < -0.4 is 0 Å². The van der Waals surface area contributed by atoms with E-state index in [1.165, 1.54) is 5.56 Å². The normalized spacial score (nSPS) is 10.0. The van der Waals surface area contributed by atoms with Crippen molar-refractivity contribution in [1.29, 1.82) is 0 Å². The molecule has 0 saturated heterocycles. The van der Waals surface area contributed by atoms with Crippen LogP contribution in [0.4, 0.5) is 0 Å². The van der Waals surface area contributed by atoms with Crippen molar-refractivity contribution in [1.82, 2.24) is 0 Å². The molecular formula is C16H14OS. The van der Waals surface area contributed by atoms with E-state index >= 15 is 0 Å². The van der Waals surface area contributed by atoms with Crippen LogP contribution in [0.2, 0.25) is 0 Å². The minimum atomic E-state index is 0.176. The maximum Gasteiger partial charge on any atom is 0.163 e. The van der Waals surface area contributed by atoms with Crippen molar-refractivity contribution in [2.75, 3.05) is 0 Å². The zero-order valence-corrected chi connectivity index (χ0v) is 10.8. The average molecular weight is 254 g/mol. The lowest BCUT2D eigenvalue weighted by Gasteiger charge is -2.02. The first kappa shape index (κ1) is 12.7.